The first kappa shape index (κ1) is 40.2. The number of nitrogens with zero attached hydrogens (tertiary/aromatic N) is 2. The van der Waals surface area contributed by atoms with Gasteiger partial charge in [-0.2, -0.15) is 4.58 Å². The van der Waals surface area contributed by atoms with Crippen molar-refractivity contribution in [2.45, 2.75) is 110 Å². The molecule has 53 heavy (non-hydrogen) atoms. The SMILES string of the molecule is C=C=C=C=C=C=C=C=C=C=C=CN1C(=CC=CC=CC=CC2=[N+](CCCCCCCCCCCC)c3ccccc3C2(C)C)C(C)(C)c2ccccc21. The molecule has 2 aromatic rings. The molecule has 268 valence electrons. The minimum absolute atomic E-state index is 0.0404. The Kier molecular flexibility index (Phi) is 16.0. The maximum atomic E-state index is 3.41. The Morgan fingerprint density at radius 1 is 0.623 bits per heavy atom. The van der Waals surface area contributed by atoms with Gasteiger partial charge >= 0.3 is 0 Å². The summed E-state index contributed by atoms with van der Waals surface area (Å²) in [5.41, 5.74) is 34.4. The van der Waals surface area contributed by atoms with E-state index >= 15 is 0 Å². The van der Waals surface area contributed by atoms with Gasteiger partial charge in [0.1, 0.15) is 6.54 Å². The minimum atomic E-state index is -0.188. The molecule has 2 aliphatic rings. The van der Waals surface area contributed by atoms with Crippen molar-refractivity contribution in [3.05, 3.63) is 178 Å². The molecule has 4 rings (SSSR count). The Bertz CT molecular complexity index is 2150. The fourth-order valence-electron chi connectivity index (χ4n) is 7.20. The Morgan fingerprint density at radius 2 is 1.19 bits per heavy atom. The number of allylic oxidation sites excluding steroid dienone is 8. The van der Waals surface area contributed by atoms with E-state index in [2.05, 4.69) is 199 Å². The van der Waals surface area contributed by atoms with Crippen molar-refractivity contribution in [3.63, 3.8) is 0 Å². The van der Waals surface area contributed by atoms with Crippen molar-refractivity contribution >= 4 is 17.1 Å². The van der Waals surface area contributed by atoms with Crippen LogP contribution in [0.3, 0.4) is 0 Å². The number of benzene rings is 2. The molecule has 0 bridgehead atoms. The Hall–Kier alpha value is -5.59. The van der Waals surface area contributed by atoms with Crippen molar-refractivity contribution in [1.29, 1.82) is 0 Å². The monoisotopic (exact) mass is 695 g/mol. The van der Waals surface area contributed by atoms with Crippen molar-refractivity contribution in [2.24, 2.45) is 0 Å². The molecule has 0 aliphatic carbocycles. The second-order valence-electron chi connectivity index (χ2n) is 14.5. The van der Waals surface area contributed by atoms with E-state index in [-0.39, 0.29) is 10.8 Å². The second-order valence-corrected chi connectivity index (χ2v) is 14.5. The zero-order valence-corrected chi connectivity index (χ0v) is 32.6. The van der Waals surface area contributed by atoms with Gasteiger partial charge in [0.05, 0.1) is 17.3 Å². The van der Waals surface area contributed by atoms with E-state index in [0.29, 0.717) is 0 Å². The van der Waals surface area contributed by atoms with Gasteiger partial charge in [-0.15, -0.1) is 0 Å². The zero-order chi connectivity index (χ0) is 37.8. The number of para-hydroxylation sites is 2. The largest absolute Gasteiger partial charge is 0.312 e. The molecule has 0 saturated heterocycles. The number of fused-ring (bicyclic) bond motifs is 2. The van der Waals surface area contributed by atoms with Crippen LogP contribution >= 0.6 is 0 Å². The molecular formula is C51H55N2+. The van der Waals surface area contributed by atoms with Gasteiger partial charge in [0.25, 0.3) is 0 Å². The van der Waals surface area contributed by atoms with Crippen LogP contribution < -0.4 is 4.90 Å². The minimum Gasteiger partial charge on any atom is -0.312 e. The highest BCUT2D eigenvalue weighted by Gasteiger charge is 2.43. The number of rotatable bonds is 16. The lowest BCUT2D eigenvalue weighted by Gasteiger charge is -2.23. The van der Waals surface area contributed by atoms with Gasteiger partial charge in [-0.05, 0) is 96.1 Å². The van der Waals surface area contributed by atoms with Gasteiger partial charge in [0.2, 0.25) is 5.69 Å². The van der Waals surface area contributed by atoms with E-state index in [4.69, 9.17) is 0 Å². The molecular weight excluding hydrogens is 641 g/mol. The molecule has 0 unspecified atom stereocenters. The van der Waals surface area contributed by atoms with Crippen molar-refractivity contribution < 1.29 is 4.58 Å². The molecule has 0 radical (unpaired) electrons. The highest BCUT2D eigenvalue weighted by atomic mass is 15.2. The second kappa shape index (κ2) is 21.1. The quantitative estimate of drug-likeness (QED) is 0.0733. The number of anilines is 1. The molecule has 0 amide bonds. The lowest BCUT2D eigenvalue weighted by Crippen LogP contribution is -2.27. The maximum absolute atomic E-state index is 3.41. The van der Waals surface area contributed by atoms with E-state index in [1.807, 2.05) is 6.20 Å². The first-order chi connectivity index (χ1) is 25.8. The highest BCUT2D eigenvalue weighted by Crippen LogP contribution is 2.47. The number of hydrogen-bond donors (Lipinski definition) is 0. The third-order valence-electron chi connectivity index (χ3n) is 10.0. The Morgan fingerprint density at radius 3 is 1.89 bits per heavy atom. The molecule has 2 aliphatic heterocycles. The third kappa shape index (κ3) is 11.2. The van der Waals surface area contributed by atoms with Crippen LogP contribution in [-0.2, 0) is 10.8 Å². The summed E-state index contributed by atoms with van der Waals surface area (Å²) in [7, 11) is 0. The molecule has 0 saturated carbocycles. The van der Waals surface area contributed by atoms with E-state index in [1.54, 1.807) is 0 Å². The van der Waals surface area contributed by atoms with E-state index in [9.17, 15) is 0 Å². The number of hydrogen-bond acceptors (Lipinski definition) is 1. The Balaban J connectivity index is 1.47. The highest BCUT2D eigenvalue weighted by molar-refractivity contribution is 6.03. The molecule has 2 heterocycles. The summed E-state index contributed by atoms with van der Waals surface area (Å²) in [4.78, 5) is 2.16. The lowest BCUT2D eigenvalue weighted by atomic mass is 9.81. The molecule has 2 heteroatoms. The van der Waals surface area contributed by atoms with Crippen LogP contribution in [0.2, 0.25) is 0 Å². The van der Waals surface area contributed by atoms with Gasteiger partial charge in [0.15, 0.2) is 5.71 Å². The smallest absolute Gasteiger partial charge is 0.209 e. The van der Waals surface area contributed by atoms with Crippen molar-refractivity contribution in [1.82, 2.24) is 0 Å². The van der Waals surface area contributed by atoms with E-state index in [1.165, 1.54) is 86.7 Å². The predicted molar refractivity (Wildman–Crippen MR) is 224 cm³/mol. The molecule has 2 nitrogen and oxygen atoms in total. The van der Waals surface area contributed by atoms with Crippen LogP contribution in [0, 0.1) is 0 Å². The lowest BCUT2D eigenvalue weighted by molar-refractivity contribution is -0.438. The molecule has 2 aromatic carbocycles. The summed E-state index contributed by atoms with van der Waals surface area (Å²) in [6.07, 6.45) is 30.5. The van der Waals surface area contributed by atoms with Gasteiger partial charge in [-0.3, -0.25) is 0 Å². The predicted octanol–water partition coefficient (Wildman–Crippen LogP) is 13.0. The molecule has 0 spiro atoms. The first-order valence-electron chi connectivity index (χ1n) is 19.3. The van der Waals surface area contributed by atoms with Gasteiger partial charge in [0, 0.05) is 35.2 Å². The van der Waals surface area contributed by atoms with Crippen LogP contribution in [0.5, 0.6) is 0 Å². The maximum Gasteiger partial charge on any atom is 0.209 e. The normalized spacial score (nSPS) is 15.4. The summed E-state index contributed by atoms with van der Waals surface area (Å²) in [5.74, 6) is 0. The Labute approximate surface area is 319 Å². The van der Waals surface area contributed by atoms with Crippen LogP contribution in [0.15, 0.2) is 167 Å². The summed E-state index contributed by atoms with van der Waals surface area (Å²) < 4.78 is 2.56. The first-order valence-corrected chi connectivity index (χ1v) is 19.3. The topological polar surface area (TPSA) is 6.25 Å². The van der Waals surface area contributed by atoms with Crippen LogP contribution in [0.25, 0.3) is 0 Å². The third-order valence-corrected chi connectivity index (χ3v) is 10.0. The van der Waals surface area contributed by atoms with Gasteiger partial charge in [-0.25, -0.2) is 0 Å². The molecule has 0 atom stereocenters. The fourth-order valence-corrected chi connectivity index (χ4v) is 7.20. The van der Waals surface area contributed by atoms with Crippen molar-refractivity contribution in [2.75, 3.05) is 11.4 Å². The molecule has 0 aromatic heterocycles. The van der Waals surface area contributed by atoms with Gasteiger partial charge in [-0.1, -0.05) is 145 Å². The summed E-state index contributed by atoms with van der Waals surface area (Å²) >= 11 is 0. The van der Waals surface area contributed by atoms with Crippen LogP contribution in [0.1, 0.15) is 110 Å². The molecule has 0 fully saturated rings. The average molecular weight is 696 g/mol. The van der Waals surface area contributed by atoms with Crippen LogP contribution in [-0.4, -0.2) is 16.8 Å². The standard InChI is InChI=1S/C51H55N2/c1-7-9-11-13-15-17-19-21-26-34-42-52-46-38-32-30-36-44(46)50(3,4)48(52)40-28-24-23-25-29-41-49-51(5,6)45-37-31-33-39-47(45)53(49)43-35-27-22-20-18-16-14-12-10-8-2/h23-25,28-33,36-42H,1,8,10,12,14,16,18,20,22,27,35,43H2,2-6H3/q+1. The summed E-state index contributed by atoms with van der Waals surface area (Å²) in [6.45, 7) is 16.0. The molecule has 0 N–H and O–H groups in total. The van der Waals surface area contributed by atoms with E-state index in [0.717, 1.165) is 17.9 Å². The van der Waals surface area contributed by atoms with Gasteiger partial charge < -0.3 is 4.90 Å². The summed E-state index contributed by atoms with van der Waals surface area (Å²) in [5, 5.41) is 0. The average Bonchev–Trinajstić information content (AvgIpc) is 3.51. The fraction of sp³-hybridized carbons (Fsp3) is 0.353. The number of unbranched alkanes of at least 4 members (excludes halogenated alkanes) is 9. The van der Waals surface area contributed by atoms with Crippen molar-refractivity contribution in [3.8, 4) is 0 Å². The van der Waals surface area contributed by atoms with E-state index < -0.39 is 0 Å². The zero-order valence-electron chi connectivity index (χ0n) is 32.6. The van der Waals surface area contributed by atoms with Crippen LogP contribution in [0.4, 0.5) is 11.4 Å². The summed E-state index contributed by atoms with van der Waals surface area (Å²) in [6, 6.07) is 17.4.